The summed E-state index contributed by atoms with van der Waals surface area (Å²) in [6.45, 7) is -4.24. The van der Waals surface area contributed by atoms with E-state index < -0.39 is 236 Å². The molecule has 12 unspecified atom stereocenters. The van der Waals surface area contributed by atoms with Gasteiger partial charge in [0.2, 0.25) is 0 Å². The highest BCUT2D eigenvalue weighted by Gasteiger charge is 2.97. The largest absolute Gasteiger partial charge is 0.462 e. The van der Waals surface area contributed by atoms with Crippen molar-refractivity contribution in [1.82, 2.24) is 0 Å². The van der Waals surface area contributed by atoms with E-state index in [9.17, 15) is 299 Å². The molecule has 0 radical (unpaired) electrons. The summed E-state index contributed by atoms with van der Waals surface area (Å²) in [5.41, 5.74) is 0. The van der Waals surface area contributed by atoms with Crippen LogP contribution in [0.15, 0.2) is 0 Å². The summed E-state index contributed by atoms with van der Waals surface area (Å²) in [6, 6.07) is 0. The van der Waals surface area contributed by atoms with Gasteiger partial charge in [-0.25, -0.2) is 0 Å². The maximum absolute atomic E-state index is 15.3. The highest BCUT2D eigenvalue weighted by Crippen LogP contribution is 2.69. The minimum Gasteiger partial charge on any atom is -0.390 e. The third kappa shape index (κ3) is 20.4. The van der Waals surface area contributed by atoms with Crippen molar-refractivity contribution >= 4 is 0 Å². The van der Waals surface area contributed by atoms with Gasteiger partial charge in [-0.3, -0.25) is 56.8 Å². The molecule has 0 heterocycles. The van der Waals surface area contributed by atoms with Gasteiger partial charge in [-0.05, 0) is 0 Å². The Balaban J connectivity index is 9.12. The number of halogens is 77. The molecule has 90 heteroatoms. The number of alkyl halides is 77. The van der Waals surface area contributed by atoms with Crippen LogP contribution in [0, 0.1) is 0 Å². The van der Waals surface area contributed by atoms with Crippen molar-refractivity contribution in [2.75, 3.05) is 6.61 Å². The molecule has 0 spiro atoms. The standard InChI is InChI=1S/C39H3F77O13/c40-2(1-117,15(54,55)56)118-29(95,96)4(43,17(60,61)62)120-31(99,100)6(45,19(66,67)68)122-33(103,104)8(47,21(72,73)74)124-35(107,108)10(49,23(78,79)80)126-37(111,112)12(51,25(84,85)86)128-39(115,116)14(53,27(90,91)92)129-38(113,114)13(52,26(87,88)89)127-36(109,110)11(50,24(81,82)83)125-34(105,106)9(48,22(75,76)77)123-32(101,102)7(46,20(69,70)71)121-30(97,98)5(44,18(63,64)65)119-28(93,94)3(41,42)16(57,58)59/h117H,1H2. The quantitative estimate of drug-likeness (QED) is 0.0593. The number of aliphatic hydroxyl groups excluding tert-OH is 1. The maximum Gasteiger partial charge on any atom is 0.462 e. The first-order valence-electron chi connectivity index (χ1n) is 26.4. The Morgan fingerprint density at radius 1 is 0.109 bits per heavy atom. The average molecular weight is 2140 g/mol. The summed E-state index contributed by atoms with van der Waals surface area (Å²) < 4.78 is 1090. The second kappa shape index (κ2) is 32.4. The van der Waals surface area contributed by atoms with Gasteiger partial charge >= 0.3 is 230 Å². The molecule has 0 rings (SSSR count). The number of aliphatic hydroxyl groups is 1. The van der Waals surface area contributed by atoms with E-state index in [2.05, 4.69) is 0 Å². The molecule has 12 atom stereocenters. The molecule has 776 valence electrons. The van der Waals surface area contributed by atoms with Gasteiger partial charge in [-0.15, -0.1) is 0 Å². The fraction of sp³-hybridized carbons (Fsp3) is 1.00. The summed E-state index contributed by atoms with van der Waals surface area (Å²) in [5, 5.41) is 8.19. The van der Waals surface area contributed by atoms with Crippen LogP contribution in [0.4, 0.5) is 338 Å². The number of hydrogen-bond donors (Lipinski definition) is 1. The number of hydrogen-bond acceptors (Lipinski definition) is 13. The fourth-order valence-corrected chi connectivity index (χ4v) is 6.38. The SMILES string of the molecule is OCC(F)(OC(F)(F)C(F)(OC(F)(F)C(F)(OC(F)(F)C(F)(OC(F)(F)C(F)(OC(F)(F)C(F)(OC(F)(F)C(F)(OC(F)(F)C(F)(OC(F)(F)C(F)(OC(F)(F)C(F)(OC(F)(F)C(F)(OC(F)(F)C(F)(OC(F)(F)C(F)(F)C(F)(F)F)C(F)(F)F)C(F)(F)F)C(F)(F)F)C(F)(F)F)C(F)(F)F)C(F)(F)F)C(F)(F)F)C(F)(F)F)C(F)(F)F)C(F)(F)F)C(F)(F)F)C(F)(F)F. The van der Waals surface area contributed by atoms with Crippen molar-refractivity contribution in [2.45, 2.75) is 230 Å². The van der Waals surface area contributed by atoms with Crippen LogP contribution in [0.2, 0.25) is 0 Å². The van der Waals surface area contributed by atoms with E-state index in [1.165, 1.54) is 4.74 Å². The lowest BCUT2D eigenvalue weighted by Gasteiger charge is -2.46. The third-order valence-corrected chi connectivity index (χ3v) is 12.7. The zero-order valence-electron chi connectivity index (χ0n) is 54.2. The predicted molar refractivity (Wildman–Crippen MR) is 209 cm³/mol. The first kappa shape index (κ1) is 123. The van der Waals surface area contributed by atoms with Crippen molar-refractivity contribution in [2.24, 2.45) is 0 Å². The van der Waals surface area contributed by atoms with Crippen molar-refractivity contribution < 1.29 is 400 Å². The number of rotatable bonds is 37. The Bertz CT molecular complexity index is 3730. The van der Waals surface area contributed by atoms with Gasteiger partial charge in [0.15, 0.2) is 0 Å². The smallest absolute Gasteiger partial charge is 0.390 e. The van der Waals surface area contributed by atoms with Crippen molar-refractivity contribution in [3.05, 3.63) is 0 Å². The van der Waals surface area contributed by atoms with Crippen LogP contribution in [0.5, 0.6) is 0 Å². The second-order valence-corrected chi connectivity index (χ2v) is 21.9. The molecule has 0 amide bonds. The summed E-state index contributed by atoms with van der Waals surface area (Å²) >= 11 is 0. The van der Waals surface area contributed by atoms with Gasteiger partial charge < -0.3 is 5.11 Å². The van der Waals surface area contributed by atoms with Crippen molar-refractivity contribution in [1.29, 1.82) is 0 Å². The molecule has 0 aliphatic rings. The van der Waals surface area contributed by atoms with E-state index in [0.29, 0.717) is 18.9 Å². The molecule has 13 nitrogen and oxygen atoms in total. The van der Waals surface area contributed by atoms with Crippen molar-refractivity contribution in [3.63, 3.8) is 0 Å². The minimum absolute atomic E-state index is 0.169. The highest BCUT2D eigenvalue weighted by molar-refractivity contribution is 5.06. The molecule has 0 saturated carbocycles. The van der Waals surface area contributed by atoms with Crippen molar-refractivity contribution in [3.8, 4) is 0 Å². The first-order chi connectivity index (χ1) is 54.3. The Hall–Kier alpha value is -5.91. The number of ether oxygens (including phenoxy) is 12. The van der Waals surface area contributed by atoms with E-state index >= 15 is 39.5 Å². The summed E-state index contributed by atoms with van der Waals surface area (Å²) in [5.74, 6) is -131. The van der Waals surface area contributed by atoms with Crippen LogP contribution in [0.1, 0.15) is 0 Å². The zero-order chi connectivity index (χ0) is 106. The molecule has 0 bridgehead atoms. The van der Waals surface area contributed by atoms with Crippen LogP contribution in [-0.2, 0) is 56.8 Å². The molecule has 0 aromatic heterocycles. The topological polar surface area (TPSA) is 131 Å². The molecule has 0 aliphatic carbocycles. The average Bonchev–Trinajstić information content (AvgIpc) is 0.698. The maximum atomic E-state index is 15.3. The Labute approximate surface area is 638 Å². The summed E-state index contributed by atoms with van der Waals surface area (Å²) in [4.78, 5) is 0. The molecule has 129 heavy (non-hydrogen) atoms. The van der Waals surface area contributed by atoms with E-state index in [-0.39, 0.29) is 33.2 Å². The third-order valence-electron chi connectivity index (χ3n) is 12.7. The molecular formula is C39H3F77O13. The Morgan fingerprint density at radius 2 is 0.194 bits per heavy atom. The fourth-order valence-electron chi connectivity index (χ4n) is 6.38. The predicted octanol–water partition coefficient (Wildman–Crippen LogP) is 23.2. The Morgan fingerprint density at radius 3 is 0.264 bits per heavy atom. The van der Waals surface area contributed by atoms with E-state index in [0.717, 1.165) is 0 Å². The van der Waals surface area contributed by atoms with Crippen LogP contribution in [0.3, 0.4) is 0 Å². The molecule has 1 N–H and O–H groups in total. The van der Waals surface area contributed by atoms with E-state index in [1.54, 1.807) is 0 Å². The second-order valence-electron chi connectivity index (χ2n) is 21.9. The van der Waals surface area contributed by atoms with Gasteiger partial charge in [-0.2, -0.15) is 338 Å². The van der Waals surface area contributed by atoms with E-state index in [1.807, 2.05) is 0 Å². The lowest BCUT2D eigenvalue weighted by Crippen LogP contribution is -2.74. The monoisotopic (exact) mass is 2140 g/mol. The van der Waals surface area contributed by atoms with Gasteiger partial charge in [-0.1, -0.05) is 0 Å². The molecule has 0 aliphatic heterocycles. The summed E-state index contributed by atoms with van der Waals surface area (Å²) in [6.07, 6.45) is -249. The van der Waals surface area contributed by atoms with Crippen LogP contribution >= 0.6 is 0 Å². The van der Waals surface area contributed by atoms with Crippen LogP contribution in [-0.4, -0.2) is 241 Å². The van der Waals surface area contributed by atoms with Gasteiger partial charge in [0.1, 0.15) is 6.61 Å². The van der Waals surface area contributed by atoms with Gasteiger partial charge in [0.25, 0.3) is 0 Å². The Kier molecular flexibility index (Phi) is 30.9. The molecule has 0 fully saturated rings. The van der Waals surface area contributed by atoms with E-state index in [4.69, 9.17) is 5.11 Å². The van der Waals surface area contributed by atoms with Gasteiger partial charge in [0, 0.05) is 0 Å². The first-order valence-corrected chi connectivity index (χ1v) is 26.4. The minimum atomic E-state index is -10.8. The zero-order valence-corrected chi connectivity index (χ0v) is 54.2. The van der Waals surface area contributed by atoms with Gasteiger partial charge in [0.05, 0.1) is 0 Å². The molecular weight excluding hydrogens is 2140 g/mol. The summed E-state index contributed by atoms with van der Waals surface area (Å²) in [7, 11) is 0. The van der Waals surface area contributed by atoms with Crippen LogP contribution in [0.25, 0.3) is 0 Å². The van der Waals surface area contributed by atoms with Crippen LogP contribution < -0.4 is 0 Å². The molecule has 0 aromatic carbocycles. The lowest BCUT2D eigenvalue weighted by atomic mass is 10.1. The highest BCUT2D eigenvalue weighted by atomic mass is 19.5. The molecule has 0 saturated heterocycles. The lowest BCUT2D eigenvalue weighted by molar-refractivity contribution is -0.614. The molecule has 0 aromatic rings. The normalized spacial score (nSPS) is 21.6.